The number of aromatic nitrogens is 1. The third kappa shape index (κ3) is 2.85. The Balaban J connectivity index is 2.78. The first-order valence-electron chi connectivity index (χ1n) is 4.55. The summed E-state index contributed by atoms with van der Waals surface area (Å²) in [7, 11) is 0. The molecule has 0 aliphatic rings. The molecule has 1 unspecified atom stereocenters. The van der Waals surface area contributed by atoms with Crippen molar-refractivity contribution in [2.45, 2.75) is 25.4 Å². The highest BCUT2D eigenvalue weighted by molar-refractivity contribution is 5.02. The van der Waals surface area contributed by atoms with Crippen molar-refractivity contribution in [1.29, 1.82) is 0 Å². The smallest absolute Gasteiger partial charge is 0.195 e. The number of pyridine rings is 1. The van der Waals surface area contributed by atoms with Crippen molar-refractivity contribution >= 4 is 0 Å². The zero-order valence-corrected chi connectivity index (χ0v) is 8.31. The van der Waals surface area contributed by atoms with Crippen LogP contribution in [0.15, 0.2) is 37.1 Å². The van der Waals surface area contributed by atoms with Gasteiger partial charge < -0.3 is 10.3 Å². The normalized spacial score (nSPS) is 14.7. The lowest BCUT2D eigenvalue weighted by atomic mass is 9.96. The molecule has 0 bridgehead atoms. The second kappa shape index (κ2) is 4.24. The van der Waals surface area contributed by atoms with Crippen molar-refractivity contribution < 1.29 is 9.84 Å². The lowest BCUT2D eigenvalue weighted by molar-refractivity contribution is -0.614. The Kier molecular flexibility index (Phi) is 3.25. The number of hydrogen-bond donors (Lipinski definition) is 1. The first-order chi connectivity index (χ1) is 6.55. The second-order valence-electron chi connectivity index (χ2n) is 3.68. The van der Waals surface area contributed by atoms with Crippen LogP contribution in [0.1, 0.15) is 19.0 Å². The molecule has 0 aromatic carbocycles. The van der Waals surface area contributed by atoms with E-state index in [-0.39, 0.29) is 0 Å². The van der Waals surface area contributed by atoms with E-state index in [1.807, 2.05) is 0 Å². The standard InChI is InChI=1S/C11H15NO2/c1-3-7-11(2,13)9-10-6-4-5-8-12(10)14/h3-6,8,13H,1,7,9H2,2H3. The van der Waals surface area contributed by atoms with Crippen molar-refractivity contribution in [3.8, 4) is 0 Å². The quantitative estimate of drug-likeness (QED) is 0.443. The summed E-state index contributed by atoms with van der Waals surface area (Å²) in [5.41, 5.74) is -0.325. The molecule has 3 heteroatoms. The van der Waals surface area contributed by atoms with Crippen LogP contribution < -0.4 is 4.73 Å². The van der Waals surface area contributed by atoms with Gasteiger partial charge in [-0.3, -0.25) is 0 Å². The first kappa shape index (κ1) is 10.7. The van der Waals surface area contributed by atoms with Gasteiger partial charge in [-0.05, 0) is 13.3 Å². The minimum atomic E-state index is -0.894. The van der Waals surface area contributed by atoms with Crippen molar-refractivity contribution in [1.82, 2.24) is 0 Å². The van der Waals surface area contributed by atoms with Gasteiger partial charge in [-0.1, -0.05) is 12.1 Å². The first-order valence-corrected chi connectivity index (χ1v) is 4.55. The fraction of sp³-hybridized carbons (Fsp3) is 0.364. The highest BCUT2D eigenvalue weighted by Crippen LogP contribution is 2.14. The molecule has 0 aliphatic carbocycles. The molecule has 0 radical (unpaired) electrons. The number of rotatable bonds is 4. The summed E-state index contributed by atoms with van der Waals surface area (Å²) in [5.74, 6) is 0. The largest absolute Gasteiger partial charge is 0.619 e. The zero-order chi connectivity index (χ0) is 10.6. The predicted octanol–water partition coefficient (Wildman–Crippen LogP) is 1.19. The summed E-state index contributed by atoms with van der Waals surface area (Å²) in [6.45, 7) is 5.26. The van der Waals surface area contributed by atoms with Crippen LogP contribution in [0.4, 0.5) is 0 Å². The van der Waals surface area contributed by atoms with Crippen molar-refractivity contribution in [2.75, 3.05) is 0 Å². The summed E-state index contributed by atoms with van der Waals surface area (Å²) in [4.78, 5) is 0. The molecule has 1 aromatic rings. The molecule has 1 atom stereocenters. The van der Waals surface area contributed by atoms with E-state index >= 15 is 0 Å². The Hall–Kier alpha value is -1.35. The molecule has 0 aliphatic heterocycles. The topological polar surface area (TPSA) is 47.2 Å². The van der Waals surface area contributed by atoms with Gasteiger partial charge in [0.05, 0.1) is 12.0 Å². The molecule has 76 valence electrons. The lowest BCUT2D eigenvalue weighted by Gasteiger charge is -2.20. The minimum absolute atomic E-state index is 0.337. The highest BCUT2D eigenvalue weighted by Gasteiger charge is 2.22. The van der Waals surface area contributed by atoms with Crippen LogP contribution in [0, 0.1) is 5.21 Å². The van der Waals surface area contributed by atoms with Crippen LogP contribution in [-0.4, -0.2) is 10.7 Å². The molecule has 1 heterocycles. The SMILES string of the molecule is C=CCC(C)(O)Cc1cccc[n+]1[O-]. The van der Waals surface area contributed by atoms with Gasteiger partial charge in [-0.25, -0.2) is 0 Å². The Morgan fingerprint density at radius 1 is 1.64 bits per heavy atom. The van der Waals surface area contributed by atoms with Crippen LogP contribution in [0.5, 0.6) is 0 Å². The Morgan fingerprint density at radius 2 is 2.36 bits per heavy atom. The van der Waals surface area contributed by atoms with Gasteiger partial charge in [0.2, 0.25) is 0 Å². The van der Waals surface area contributed by atoms with Crippen LogP contribution >= 0.6 is 0 Å². The highest BCUT2D eigenvalue weighted by atomic mass is 16.5. The van der Waals surface area contributed by atoms with E-state index in [1.165, 1.54) is 6.20 Å². The number of aliphatic hydroxyl groups is 1. The molecule has 0 saturated heterocycles. The monoisotopic (exact) mass is 193 g/mol. The van der Waals surface area contributed by atoms with E-state index < -0.39 is 5.60 Å². The average molecular weight is 193 g/mol. The van der Waals surface area contributed by atoms with Crippen molar-refractivity contribution in [3.63, 3.8) is 0 Å². The molecule has 3 nitrogen and oxygen atoms in total. The summed E-state index contributed by atoms with van der Waals surface area (Å²) in [5, 5.41) is 21.1. The predicted molar refractivity (Wildman–Crippen MR) is 54.5 cm³/mol. The van der Waals surface area contributed by atoms with Gasteiger partial charge >= 0.3 is 0 Å². The van der Waals surface area contributed by atoms with E-state index in [1.54, 1.807) is 31.2 Å². The van der Waals surface area contributed by atoms with E-state index in [0.717, 1.165) is 4.73 Å². The fourth-order valence-electron chi connectivity index (χ4n) is 1.37. The average Bonchev–Trinajstić information content (AvgIpc) is 2.08. The Bertz CT molecular complexity index is 321. The van der Waals surface area contributed by atoms with Crippen molar-refractivity contribution in [2.24, 2.45) is 0 Å². The summed E-state index contributed by atoms with van der Waals surface area (Å²) in [6.07, 6.45) is 3.89. The van der Waals surface area contributed by atoms with Crippen LogP contribution in [0.2, 0.25) is 0 Å². The molecular weight excluding hydrogens is 178 g/mol. The molecule has 1 N–H and O–H groups in total. The lowest BCUT2D eigenvalue weighted by Crippen LogP contribution is -2.37. The van der Waals surface area contributed by atoms with Gasteiger partial charge in [0, 0.05) is 12.1 Å². The molecule has 1 aromatic heterocycles. The van der Waals surface area contributed by atoms with Gasteiger partial charge in [-0.2, -0.15) is 4.73 Å². The third-order valence-corrected chi connectivity index (χ3v) is 2.05. The molecule has 0 spiro atoms. The van der Waals surface area contributed by atoms with Gasteiger partial charge in [0.1, 0.15) is 0 Å². The Morgan fingerprint density at radius 3 is 2.93 bits per heavy atom. The zero-order valence-electron chi connectivity index (χ0n) is 8.31. The molecule has 0 saturated carbocycles. The van der Waals surface area contributed by atoms with E-state index in [9.17, 15) is 10.3 Å². The molecule has 14 heavy (non-hydrogen) atoms. The number of nitrogens with zero attached hydrogens (tertiary/aromatic N) is 1. The van der Waals surface area contributed by atoms with Gasteiger partial charge in [0.15, 0.2) is 11.9 Å². The van der Waals surface area contributed by atoms with Crippen LogP contribution in [0.3, 0.4) is 0 Å². The maximum absolute atomic E-state index is 11.3. The van der Waals surface area contributed by atoms with E-state index in [0.29, 0.717) is 18.5 Å². The van der Waals surface area contributed by atoms with Crippen LogP contribution in [0.25, 0.3) is 0 Å². The number of hydrogen-bond acceptors (Lipinski definition) is 2. The van der Waals surface area contributed by atoms with Gasteiger partial charge in [0.25, 0.3) is 0 Å². The third-order valence-electron chi connectivity index (χ3n) is 2.05. The van der Waals surface area contributed by atoms with Crippen molar-refractivity contribution in [3.05, 3.63) is 48.0 Å². The summed E-state index contributed by atoms with van der Waals surface area (Å²) < 4.78 is 0.775. The van der Waals surface area contributed by atoms with Gasteiger partial charge in [-0.15, -0.1) is 6.58 Å². The molecule has 1 rings (SSSR count). The summed E-state index contributed by atoms with van der Waals surface area (Å²) in [6, 6.07) is 5.16. The van der Waals surface area contributed by atoms with Crippen LogP contribution in [-0.2, 0) is 6.42 Å². The maximum Gasteiger partial charge on any atom is 0.195 e. The second-order valence-corrected chi connectivity index (χ2v) is 3.68. The Labute approximate surface area is 83.9 Å². The molecule has 0 fully saturated rings. The molecule has 0 amide bonds. The van der Waals surface area contributed by atoms with E-state index in [2.05, 4.69) is 6.58 Å². The minimum Gasteiger partial charge on any atom is -0.619 e. The maximum atomic E-state index is 11.3. The summed E-state index contributed by atoms with van der Waals surface area (Å²) >= 11 is 0. The molecular formula is C11H15NO2. The fourth-order valence-corrected chi connectivity index (χ4v) is 1.37. The van der Waals surface area contributed by atoms with E-state index in [4.69, 9.17) is 0 Å².